The van der Waals surface area contributed by atoms with Crippen molar-refractivity contribution >= 4 is 17.7 Å². The first-order chi connectivity index (χ1) is 12.3. The molecule has 0 bridgehead atoms. The van der Waals surface area contributed by atoms with Gasteiger partial charge in [0.15, 0.2) is 5.16 Å². The number of methoxy groups -OCH3 is 1. The van der Waals surface area contributed by atoms with E-state index in [1.165, 1.54) is 11.8 Å². The third-order valence-corrected chi connectivity index (χ3v) is 4.48. The van der Waals surface area contributed by atoms with Crippen molar-refractivity contribution in [2.45, 2.75) is 11.7 Å². The maximum absolute atomic E-state index is 12.0. The fraction of sp³-hybridized carbons (Fsp3) is 0.167. The summed E-state index contributed by atoms with van der Waals surface area (Å²) in [5, 5.41) is 11.6. The van der Waals surface area contributed by atoms with Crippen LogP contribution in [0, 0.1) is 0 Å². The standard InChI is InChI=1S/C18H18N4O2S/c1-24-16-9-7-15(8-10-16)22-13-20-21-18(22)25-12-17(23)19-11-14-5-3-2-4-6-14/h2-10,13H,11-12H2,1H3,(H,19,23). The van der Waals surface area contributed by atoms with Crippen LogP contribution in [0.3, 0.4) is 0 Å². The number of hydrogen-bond donors (Lipinski definition) is 1. The molecule has 0 saturated carbocycles. The van der Waals surface area contributed by atoms with Crippen molar-refractivity contribution in [3.05, 3.63) is 66.5 Å². The second-order valence-corrected chi connectivity index (χ2v) is 6.18. The average molecular weight is 354 g/mol. The molecular weight excluding hydrogens is 336 g/mol. The van der Waals surface area contributed by atoms with E-state index in [0.717, 1.165) is 17.0 Å². The summed E-state index contributed by atoms with van der Waals surface area (Å²) in [6.45, 7) is 0.519. The van der Waals surface area contributed by atoms with Crippen molar-refractivity contribution in [2.24, 2.45) is 0 Å². The molecule has 3 aromatic rings. The Hall–Kier alpha value is -2.80. The Morgan fingerprint density at radius 2 is 1.92 bits per heavy atom. The SMILES string of the molecule is COc1ccc(-n2cnnc2SCC(=O)NCc2ccccc2)cc1. The summed E-state index contributed by atoms with van der Waals surface area (Å²) in [6, 6.07) is 17.4. The van der Waals surface area contributed by atoms with E-state index in [9.17, 15) is 4.79 Å². The van der Waals surface area contributed by atoms with Crippen molar-refractivity contribution in [3.8, 4) is 11.4 Å². The second-order valence-electron chi connectivity index (χ2n) is 5.23. The third kappa shape index (κ3) is 4.60. The quantitative estimate of drug-likeness (QED) is 0.661. The number of aromatic nitrogens is 3. The van der Waals surface area contributed by atoms with E-state index in [1.54, 1.807) is 13.4 Å². The van der Waals surface area contributed by atoms with Crippen LogP contribution >= 0.6 is 11.8 Å². The first-order valence-corrected chi connectivity index (χ1v) is 8.72. The second kappa shape index (κ2) is 8.34. The predicted octanol–water partition coefficient (Wildman–Crippen LogP) is 2.68. The zero-order chi connectivity index (χ0) is 17.5. The Balaban J connectivity index is 1.56. The van der Waals surface area contributed by atoms with Crippen molar-refractivity contribution in [2.75, 3.05) is 12.9 Å². The van der Waals surface area contributed by atoms with Gasteiger partial charge in [0.05, 0.1) is 12.9 Å². The molecule has 2 aromatic carbocycles. The summed E-state index contributed by atoms with van der Waals surface area (Å²) < 4.78 is 7.00. The number of hydrogen-bond acceptors (Lipinski definition) is 5. The average Bonchev–Trinajstić information content (AvgIpc) is 3.14. The van der Waals surface area contributed by atoms with Crippen molar-refractivity contribution < 1.29 is 9.53 Å². The Labute approximate surface area is 150 Å². The van der Waals surface area contributed by atoms with Crippen LogP contribution in [0.4, 0.5) is 0 Å². The number of amides is 1. The number of rotatable bonds is 7. The van der Waals surface area contributed by atoms with Gasteiger partial charge in [0.1, 0.15) is 12.1 Å². The van der Waals surface area contributed by atoms with Crippen LogP contribution in [0.5, 0.6) is 5.75 Å². The van der Waals surface area contributed by atoms with Gasteiger partial charge in [-0.1, -0.05) is 42.1 Å². The highest BCUT2D eigenvalue weighted by Crippen LogP contribution is 2.21. The highest BCUT2D eigenvalue weighted by molar-refractivity contribution is 7.99. The monoisotopic (exact) mass is 354 g/mol. The molecule has 3 rings (SSSR count). The summed E-state index contributed by atoms with van der Waals surface area (Å²) >= 11 is 1.35. The van der Waals surface area contributed by atoms with E-state index >= 15 is 0 Å². The van der Waals surface area contributed by atoms with Gasteiger partial charge in [-0.3, -0.25) is 9.36 Å². The van der Waals surface area contributed by atoms with Crippen LogP contribution in [0.2, 0.25) is 0 Å². The molecule has 6 nitrogen and oxygen atoms in total. The zero-order valence-electron chi connectivity index (χ0n) is 13.8. The van der Waals surface area contributed by atoms with Gasteiger partial charge >= 0.3 is 0 Å². The predicted molar refractivity (Wildman–Crippen MR) is 96.9 cm³/mol. The maximum atomic E-state index is 12.0. The van der Waals surface area contributed by atoms with E-state index in [4.69, 9.17) is 4.74 Å². The molecule has 0 saturated heterocycles. The van der Waals surface area contributed by atoms with E-state index < -0.39 is 0 Å². The lowest BCUT2D eigenvalue weighted by Gasteiger charge is -2.08. The number of carbonyl (C=O) groups is 1. The third-order valence-electron chi connectivity index (χ3n) is 3.53. The smallest absolute Gasteiger partial charge is 0.230 e. The lowest BCUT2D eigenvalue weighted by molar-refractivity contribution is -0.118. The van der Waals surface area contributed by atoms with Crippen molar-refractivity contribution in [1.82, 2.24) is 20.1 Å². The first-order valence-electron chi connectivity index (χ1n) is 7.74. The van der Waals surface area contributed by atoms with Crippen LogP contribution < -0.4 is 10.1 Å². The van der Waals surface area contributed by atoms with Gasteiger partial charge in [-0.15, -0.1) is 10.2 Å². The number of nitrogens with zero attached hydrogens (tertiary/aromatic N) is 3. The summed E-state index contributed by atoms with van der Waals surface area (Å²) in [6.07, 6.45) is 1.63. The molecule has 25 heavy (non-hydrogen) atoms. The molecule has 128 valence electrons. The molecule has 1 aromatic heterocycles. The molecule has 7 heteroatoms. The highest BCUT2D eigenvalue weighted by Gasteiger charge is 2.10. The van der Waals surface area contributed by atoms with Crippen molar-refractivity contribution in [3.63, 3.8) is 0 Å². The summed E-state index contributed by atoms with van der Waals surface area (Å²) in [5.74, 6) is 1.02. The fourth-order valence-electron chi connectivity index (χ4n) is 2.22. The molecule has 1 heterocycles. The number of benzene rings is 2. The molecule has 0 aliphatic rings. The fourth-order valence-corrected chi connectivity index (χ4v) is 2.98. The van der Waals surface area contributed by atoms with E-state index in [1.807, 2.05) is 59.2 Å². The minimum Gasteiger partial charge on any atom is -0.497 e. The normalized spacial score (nSPS) is 10.4. The summed E-state index contributed by atoms with van der Waals surface area (Å²) in [7, 11) is 1.63. The van der Waals surface area contributed by atoms with Gasteiger partial charge < -0.3 is 10.1 Å². The van der Waals surface area contributed by atoms with E-state index in [-0.39, 0.29) is 11.7 Å². The van der Waals surface area contributed by atoms with Gasteiger partial charge in [0.2, 0.25) is 5.91 Å². The Bertz CT molecular complexity index is 819. The molecule has 0 atom stereocenters. The number of thioether (sulfide) groups is 1. The van der Waals surface area contributed by atoms with Crippen LogP contribution in [-0.4, -0.2) is 33.5 Å². The Morgan fingerprint density at radius 3 is 2.64 bits per heavy atom. The Kier molecular flexibility index (Phi) is 5.69. The lowest BCUT2D eigenvalue weighted by Crippen LogP contribution is -2.24. The molecule has 0 spiro atoms. The van der Waals surface area contributed by atoms with Gasteiger partial charge in [-0.25, -0.2) is 0 Å². The number of nitrogens with one attached hydrogen (secondary N) is 1. The molecule has 0 unspecified atom stereocenters. The molecule has 1 amide bonds. The lowest BCUT2D eigenvalue weighted by atomic mass is 10.2. The van der Waals surface area contributed by atoms with Gasteiger partial charge in [-0.05, 0) is 29.8 Å². The van der Waals surface area contributed by atoms with Gasteiger partial charge in [0, 0.05) is 12.2 Å². The summed E-state index contributed by atoms with van der Waals surface area (Å²) in [5.41, 5.74) is 1.99. The van der Waals surface area contributed by atoms with E-state index in [2.05, 4.69) is 15.5 Å². The van der Waals surface area contributed by atoms with Crippen LogP contribution in [0.1, 0.15) is 5.56 Å². The van der Waals surface area contributed by atoms with Crippen LogP contribution in [0.25, 0.3) is 5.69 Å². The molecule has 0 aliphatic carbocycles. The van der Waals surface area contributed by atoms with Gasteiger partial charge in [-0.2, -0.15) is 0 Å². The number of carbonyl (C=O) groups excluding carboxylic acids is 1. The molecule has 1 N–H and O–H groups in total. The van der Waals surface area contributed by atoms with Crippen LogP contribution in [0.15, 0.2) is 66.1 Å². The largest absolute Gasteiger partial charge is 0.497 e. The molecule has 0 fully saturated rings. The number of ether oxygens (including phenoxy) is 1. The molecule has 0 aliphatic heterocycles. The van der Waals surface area contributed by atoms with Crippen LogP contribution in [-0.2, 0) is 11.3 Å². The minimum atomic E-state index is -0.0434. The highest BCUT2D eigenvalue weighted by atomic mass is 32.2. The van der Waals surface area contributed by atoms with Gasteiger partial charge in [0.25, 0.3) is 0 Å². The summed E-state index contributed by atoms with van der Waals surface area (Å²) in [4.78, 5) is 12.0. The molecular formula is C18H18N4O2S. The first kappa shape index (κ1) is 17.0. The minimum absolute atomic E-state index is 0.0434. The maximum Gasteiger partial charge on any atom is 0.230 e. The van der Waals surface area contributed by atoms with E-state index in [0.29, 0.717) is 11.7 Å². The Morgan fingerprint density at radius 1 is 1.16 bits per heavy atom. The zero-order valence-corrected chi connectivity index (χ0v) is 14.6. The molecule has 0 radical (unpaired) electrons. The topological polar surface area (TPSA) is 69.0 Å². The van der Waals surface area contributed by atoms with Crippen molar-refractivity contribution in [1.29, 1.82) is 0 Å².